The molecule has 0 saturated carbocycles. The molecule has 1 rings (SSSR count). The summed E-state index contributed by atoms with van der Waals surface area (Å²) in [5, 5.41) is 75.3. The van der Waals surface area contributed by atoms with E-state index in [0.29, 0.717) is 12.8 Å². The molecule has 1 heterocycles. The quantitative estimate of drug-likeness (QED) is 0.0236. The number of amides is 1. The molecule has 0 aromatic carbocycles. The number of hydrogen-bond acceptors (Lipinski definition) is 10. The maximum absolute atomic E-state index is 13.0. The first-order valence-corrected chi connectivity index (χ1v) is 20.9. The summed E-state index contributed by atoms with van der Waals surface area (Å²) in [6.07, 6.45) is 23.4. The molecular formula is C42H77NO10. The van der Waals surface area contributed by atoms with Crippen LogP contribution < -0.4 is 5.32 Å². The standard InChI is InChI=1S/C42H77NO10/c1-3-5-7-9-11-13-15-17-18-20-22-24-26-28-30-35(46)41(51)43-33(32-52-42-40(50)39(49)38(48)36(31-44)53-42)37(47)34(45)29-27-25-23-21-19-16-14-12-10-8-6-4-2/h11,13,15,17,21,23,33-40,42,44-50H,3-10,12,14,16,18-20,22,24-32H2,1-2H3,(H,43,51)/b13-11-,17-15-,23-21+. The van der Waals surface area contributed by atoms with E-state index in [9.17, 15) is 40.5 Å². The Kier molecular flexibility index (Phi) is 30.3. The molecule has 0 radical (unpaired) electrons. The number of unbranched alkanes of at least 4 members (excludes halogenated alkanes) is 16. The second-order valence-corrected chi connectivity index (χ2v) is 14.7. The Labute approximate surface area is 320 Å². The minimum Gasteiger partial charge on any atom is -0.394 e. The molecule has 0 aliphatic carbocycles. The van der Waals surface area contributed by atoms with Crippen LogP contribution in [0.5, 0.6) is 0 Å². The van der Waals surface area contributed by atoms with Crippen molar-refractivity contribution in [2.45, 2.75) is 210 Å². The van der Waals surface area contributed by atoms with E-state index in [4.69, 9.17) is 9.47 Å². The Morgan fingerprint density at radius 1 is 0.660 bits per heavy atom. The number of allylic oxidation sites excluding steroid dienone is 6. The predicted octanol–water partition coefficient (Wildman–Crippen LogP) is 5.66. The molecule has 1 saturated heterocycles. The van der Waals surface area contributed by atoms with E-state index >= 15 is 0 Å². The third-order valence-electron chi connectivity index (χ3n) is 9.94. The normalized spacial score (nSPS) is 23.2. The van der Waals surface area contributed by atoms with E-state index < -0.39 is 74.2 Å². The average Bonchev–Trinajstić information content (AvgIpc) is 3.16. The molecule has 0 aromatic heterocycles. The number of ether oxygens (including phenoxy) is 2. The van der Waals surface area contributed by atoms with Crippen molar-refractivity contribution in [2.75, 3.05) is 13.2 Å². The van der Waals surface area contributed by atoms with Gasteiger partial charge in [0.25, 0.3) is 0 Å². The first-order chi connectivity index (χ1) is 25.7. The van der Waals surface area contributed by atoms with Crippen molar-refractivity contribution in [1.82, 2.24) is 5.32 Å². The van der Waals surface area contributed by atoms with Crippen molar-refractivity contribution < 1.29 is 50.0 Å². The maximum Gasteiger partial charge on any atom is 0.249 e. The SMILES string of the molecule is CCCCC/C=C\C=C/CCCCCCCC(O)C(=O)NC(COC1OC(CO)C(O)C(O)C1O)C(O)C(O)CCC/C=C/CCCCCCCCC. The highest BCUT2D eigenvalue weighted by Crippen LogP contribution is 2.23. The number of nitrogens with one attached hydrogen (secondary N) is 1. The van der Waals surface area contributed by atoms with Gasteiger partial charge >= 0.3 is 0 Å². The van der Waals surface area contributed by atoms with Crippen molar-refractivity contribution in [1.29, 1.82) is 0 Å². The number of aliphatic hydroxyl groups is 7. The summed E-state index contributed by atoms with van der Waals surface area (Å²) in [5.41, 5.74) is 0. The minimum atomic E-state index is -1.67. The zero-order chi connectivity index (χ0) is 39.1. The van der Waals surface area contributed by atoms with Crippen LogP contribution in [0.1, 0.15) is 155 Å². The highest BCUT2D eigenvalue weighted by Gasteiger charge is 2.44. The molecule has 0 spiro atoms. The van der Waals surface area contributed by atoms with Gasteiger partial charge in [0.2, 0.25) is 5.91 Å². The van der Waals surface area contributed by atoms with Crippen molar-refractivity contribution >= 4 is 5.91 Å². The fraction of sp³-hybridized carbons (Fsp3) is 0.833. The van der Waals surface area contributed by atoms with Crippen LogP contribution in [0.4, 0.5) is 0 Å². The largest absolute Gasteiger partial charge is 0.394 e. The summed E-state index contributed by atoms with van der Waals surface area (Å²) in [6.45, 7) is 3.34. The van der Waals surface area contributed by atoms with Gasteiger partial charge in [-0.2, -0.15) is 0 Å². The Morgan fingerprint density at radius 2 is 1.17 bits per heavy atom. The van der Waals surface area contributed by atoms with Gasteiger partial charge in [-0.3, -0.25) is 4.79 Å². The van der Waals surface area contributed by atoms with Crippen LogP contribution in [-0.4, -0.2) is 110 Å². The fourth-order valence-electron chi connectivity index (χ4n) is 6.37. The van der Waals surface area contributed by atoms with Crippen molar-refractivity contribution in [3.05, 3.63) is 36.5 Å². The van der Waals surface area contributed by atoms with Gasteiger partial charge < -0.3 is 50.5 Å². The number of aliphatic hydroxyl groups excluding tert-OH is 7. The molecule has 53 heavy (non-hydrogen) atoms. The second-order valence-electron chi connectivity index (χ2n) is 14.7. The summed E-state index contributed by atoms with van der Waals surface area (Å²) < 4.78 is 11.0. The first-order valence-electron chi connectivity index (χ1n) is 20.9. The summed E-state index contributed by atoms with van der Waals surface area (Å²) in [7, 11) is 0. The molecular weight excluding hydrogens is 678 g/mol. The molecule has 1 aliphatic rings. The van der Waals surface area contributed by atoms with Gasteiger partial charge in [-0.25, -0.2) is 0 Å². The second kappa shape index (κ2) is 32.6. The number of hydrogen-bond donors (Lipinski definition) is 8. The molecule has 0 bridgehead atoms. The van der Waals surface area contributed by atoms with Crippen molar-refractivity contribution in [3.8, 4) is 0 Å². The lowest BCUT2D eigenvalue weighted by atomic mass is 9.98. The van der Waals surface area contributed by atoms with E-state index in [1.54, 1.807) is 0 Å². The van der Waals surface area contributed by atoms with Crippen LogP contribution in [-0.2, 0) is 14.3 Å². The number of carbonyl (C=O) groups excluding carboxylic acids is 1. The highest BCUT2D eigenvalue weighted by molar-refractivity contribution is 5.80. The Bertz CT molecular complexity index is 960. The zero-order valence-electron chi connectivity index (χ0n) is 33.0. The lowest BCUT2D eigenvalue weighted by molar-refractivity contribution is -0.303. The van der Waals surface area contributed by atoms with Gasteiger partial charge in [0, 0.05) is 0 Å². The van der Waals surface area contributed by atoms with Crippen LogP contribution >= 0.6 is 0 Å². The first kappa shape index (κ1) is 49.3. The van der Waals surface area contributed by atoms with Gasteiger partial charge in [0.1, 0.15) is 36.6 Å². The van der Waals surface area contributed by atoms with Crippen LogP contribution in [0.3, 0.4) is 0 Å². The summed E-state index contributed by atoms with van der Waals surface area (Å²) >= 11 is 0. The van der Waals surface area contributed by atoms with E-state index in [1.165, 1.54) is 57.8 Å². The molecule has 1 fully saturated rings. The number of carbonyl (C=O) groups is 1. The molecule has 0 aromatic rings. The van der Waals surface area contributed by atoms with Crippen molar-refractivity contribution in [3.63, 3.8) is 0 Å². The number of rotatable bonds is 33. The predicted molar refractivity (Wildman–Crippen MR) is 210 cm³/mol. The molecule has 1 aliphatic heterocycles. The Balaban J connectivity index is 2.57. The Hall–Kier alpha value is -1.67. The fourth-order valence-corrected chi connectivity index (χ4v) is 6.37. The molecule has 8 N–H and O–H groups in total. The summed E-state index contributed by atoms with van der Waals surface area (Å²) in [5.74, 6) is -0.722. The van der Waals surface area contributed by atoms with Gasteiger partial charge in [-0.15, -0.1) is 0 Å². The van der Waals surface area contributed by atoms with Gasteiger partial charge in [-0.1, -0.05) is 127 Å². The van der Waals surface area contributed by atoms with Crippen LogP contribution in [0.25, 0.3) is 0 Å². The van der Waals surface area contributed by atoms with Gasteiger partial charge in [0.15, 0.2) is 6.29 Å². The van der Waals surface area contributed by atoms with E-state index in [1.807, 2.05) is 0 Å². The molecule has 310 valence electrons. The van der Waals surface area contributed by atoms with Gasteiger partial charge in [-0.05, 0) is 64.2 Å². The van der Waals surface area contributed by atoms with Gasteiger partial charge in [0.05, 0.1) is 25.4 Å². The maximum atomic E-state index is 13.0. The highest BCUT2D eigenvalue weighted by atomic mass is 16.7. The smallest absolute Gasteiger partial charge is 0.249 e. The third kappa shape index (κ3) is 23.1. The van der Waals surface area contributed by atoms with Crippen LogP contribution in [0, 0.1) is 0 Å². The molecule has 9 atom stereocenters. The summed E-state index contributed by atoms with van der Waals surface area (Å²) in [4.78, 5) is 13.0. The minimum absolute atomic E-state index is 0.235. The van der Waals surface area contributed by atoms with E-state index in [0.717, 1.165) is 57.8 Å². The van der Waals surface area contributed by atoms with E-state index in [2.05, 4.69) is 55.6 Å². The average molecular weight is 756 g/mol. The third-order valence-corrected chi connectivity index (χ3v) is 9.94. The topological polar surface area (TPSA) is 189 Å². The van der Waals surface area contributed by atoms with Crippen molar-refractivity contribution in [2.24, 2.45) is 0 Å². The summed E-state index contributed by atoms with van der Waals surface area (Å²) in [6, 6.07) is -1.19. The van der Waals surface area contributed by atoms with Crippen LogP contribution in [0.2, 0.25) is 0 Å². The molecule has 9 unspecified atom stereocenters. The molecule has 11 nitrogen and oxygen atoms in total. The monoisotopic (exact) mass is 756 g/mol. The molecule has 1 amide bonds. The Morgan fingerprint density at radius 3 is 1.77 bits per heavy atom. The lowest BCUT2D eigenvalue weighted by Crippen LogP contribution is -2.60. The lowest BCUT2D eigenvalue weighted by Gasteiger charge is -2.40. The zero-order valence-corrected chi connectivity index (χ0v) is 33.0. The van der Waals surface area contributed by atoms with E-state index in [-0.39, 0.29) is 12.8 Å². The van der Waals surface area contributed by atoms with Crippen LogP contribution in [0.15, 0.2) is 36.5 Å². The molecule has 11 heteroatoms.